The van der Waals surface area contributed by atoms with Crippen LogP contribution in [0.2, 0.25) is 0 Å². The van der Waals surface area contributed by atoms with E-state index in [1.54, 1.807) is 0 Å². The first kappa shape index (κ1) is 11.8. The van der Waals surface area contributed by atoms with Crippen LogP contribution in [0.4, 0.5) is 0 Å². The molecule has 1 aromatic carbocycles. The van der Waals surface area contributed by atoms with Gasteiger partial charge in [0.15, 0.2) is 6.29 Å². The Kier molecular flexibility index (Phi) is 2.74. The topological polar surface area (TPSA) is 30.0 Å². The van der Waals surface area contributed by atoms with Crippen molar-refractivity contribution in [3.63, 3.8) is 0 Å². The minimum absolute atomic E-state index is 0.0282. The van der Waals surface area contributed by atoms with E-state index in [9.17, 15) is 4.79 Å². The molecule has 17 heavy (non-hydrogen) atoms. The van der Waals surface area contributed by atoms with Crippen molar-refractivity contribution in [3.8, 4) is 0 Å². The van der Waals surface area contributed by atoms with Crippen LogP contribution in [-0.4, -0.2) is 11.3 Å². The fourth-order valence-corrected chi connectivity index (χ4v) is 2.11. The van der Waals surface area contributed by atoms with Gasteiger partial charge < -0.3 is 0 Å². The van der Waals surface area contributed by atoms with E-state index >= 15 is 0 Å². The maximum absolute atomic E-state index is 11.1. The molecule has 2 rings (SSSR count). The molecule has 0 aliphatic rings. The number of para-hydroxylation sites is 1. The molecule has 1 heterocycles. The number of hydrogen-bond donors (Lipinski definition) is 0. The zero-order valence-electron chi connectivity index (χ0n) is 10.7. The van der Waals surface area contributed by atoms with Crippen LogP contribution in [0, 0.1) is 6.92 Å². The molecule has 0 unspecified atom stereocenters. The monoisotopic (exact) mass is 227 g/mol. The summed E-state index contributed by atoms with van der Waals surface area (Å²) in [5.41, 5.74) is 3.76. The summed E-state index contributed by atoms with van der Waals surface area (Å²) in [7, 11) is 0. The van der Waals surface area contributed by atoms with Crippen molar-refractivity contribution >= 4 is 17.2 Å². The van der Waals surface area contributed by atoms with Gasteiger partial charge in [0.05, 0.1) is 5.52 Å². The number of rotatable bonds is 1. The smallest absolute Gasteiger partial charge is 0.150 e. The van der Waals surface area contributed by atoms with Gasteiger partial charge in [0.2, 0.25) is 0 Å². The van der Waals surface area contributed by atoms with Gasteiger partial charge in [-0.2, -0.15) is 0 Å². The average Bonchev–Trinajstić information content (AvgIpc) is 2.25. The number of hydrogen-bond acceptors (Lipinski definition) is 2. The van der Waals surface area contributed by atoms with Crippen LogP contribution in [0.1, 0.15) is 42.4 Å². The molecule has 2 aromatic rings. The van der Waals surface area contributed by atoms with Crippen molar-refractivity contribution in [2.45, 2.75) is 33.1 Å². The summed E-state index contributed by atoms with van der Waals surface area (Å²) in [5.74, 6) is 0. The molecule has 0 radical (unpaired) electrons. The Hall–Kier alpha value is -1.70. The van der Waals surface area contributed by atoms with Crippen LogP contribution in [0.3, 0.4) is 0 Å². The Bertz CT molecular complexity index is 579. The van der Waals surface area contributed by atoms with Crippen molar-refractivity contribution in [2.24, 2.45) is 0 Å². The first-order valence-corrected chi connectivity index (χ1v) is 5.79. The predicted molar refractivity (Wildman–Crippen MR) is 70.6 cm³/mol. The standard InChI is InChI=1S/C15H17NO/c1-10-8-11(9-17)12-6-5-7-13(14(12)16-10)15(2,3)4/h5-9H,1-4H3. The molecular formula is C15H17NO. The van der Waals surface area contributed by atoms with Crippen molar-refractivity contribution in [1.82, 2.24) is 4.98 Å². The van der Waals surface area contributed by atoms with Gasteiger partial charge in [0, 0.05) is 16.6 Å². The first-order valence-electron chi connectivity index (χ1n) is 5.79. The highest BCUT2D eigenvalue weighted by molar-refractivity contribution is 5.98. The van der Waals surface area contributed by atoms with E-state index < -0.39 is 0 Å². The van der Waals surface area contributed by atoms with Crippen LogP contribution in [0.5, 0.6) is 0 Å². The predicted octanol–water partition coefficient (Wildman–Crippen LogP) is 3.65. The molecule has 0 aliphatic heterocycles. The molecule has 0 saturated carbocycles. The minimum atomic E-state index is 0.0282. The second kappa shape index (κ2) is 3.95. The largest absolute Gasteiger partial charge is 0.298 e. The Morgan fingerprint density at radius 3 is 2.53 bits per heavy atom. The molecule has 0 saturated heterocycles. The lowest BCUT2D eigenvalue weighted by Crippen LogP contribution is -2.12. The van der Waals surface area contributed by atoms with Crippen molar-refractivity contribution in [1.29, 1.82) is 0 Å². The van der Waals surface area contributed by atoms with E-state index in [2.05, 4.69) is 31.8 Å². The molecule has 1 aromatic heterocycles. The highest BCUT2D eigenvalue weighted by Crippen LogP contribution is 2.30. The highest BCUT2D eigenvalue weighted by atomic mass is 16.1. The van der Waals surface area contributed by atoms with E-state index in [4.69, 9.17) is 0 Å². The summed E-state index contributed by atoms with van der Waals surface area (Å²) >= 11 is 0. The number of carbonyl (C=O) groups excluding carboxylic acids is 1. The Balaban J connectivity index is 2.90. The zero-order valence-corrected chi connectivity index (χ0v) is 10.7. The molecule has 0 spiro atoms. The summed E-state index contributed by atoms with van der Waals surface area (Å²) in [5, 5.41) is 0.943. The van der Waals surface area contributed by atoms with Crippen molar-refractivity contribution in [2.75, 3.05) is 0 Å². The maximum Gasteiger partial charge on any atom is 0.150 e. The lowest BCUT2D eigenvalue weighted by Gasteiger charge is -2.21. The van der Waals surface area contributed by atoms with E-state index in [0.29, 0.717) is 0 Å². The summed E-state index contributed by atoms with van der Waals surface area (Å²) in [6, 6.07) is 7.87. The quantitative estimate of drug-likeness (QED) is 0.696. The number of aldehydes is 1. The molecule has 2 heteroatoms. The molecule has 0 atom stereocenters. The van der Waals surface area contributed by atoms with E-state index in [-0.39, 0.29) is 5.41 Å². The number of fused-ring (bicyclic) bond motifs is 1. The second-order valence-corrected chi connectivity index (χ2v) is 5.42. The van der Waals surface area contributed by atoms with Crippen LogP contribution >= 0.6 is 0 Å². The van der Waals surface area contributed by atoms with E-state index in [0.717, 1.165) is 28.4 Å². The molecule has 0 fully saturated rings. The lowest BCUT2D eigenvalue weighted by molar-refractivity contribution is 0.112. The first-order chi connectivity index (χ1) is 7.93. The molecule has 0 aliphatic carbocycles. The number of nitrogens with zero attached hydrogens (tertiary/aromatic N) is 1. The molecule has 0 amide bonds. The molecule has 2 nitrogen and oxygen atoms in total. The van der Waals surface area contributed by atoms with Gasteiger partial charge in [0.25, 0.3) is 0 Å². The fourth-order valence-electron chi connectivity index (χ4n) is 2.11. The molecule has 0 N–H and O–H groups in total. The number of aromatic nitrogens is 1. The summed E-state index contributed by atoms with van der Waals surface area (Å²) in [6.45, 7) is 8.40. The van der Waals surface area contributed by atoms with Gasteiger partial charge in [-0.15, -0.1) is 0 Å². The second-order valence-electron chi connectivity index (χ2n) is 5.42. The van der Waals surface area contributed by atoms with Gasteiger partial charge in [0.1, 0.15) is 0 Å². The van der Waals surface area contributed by atoms with Crippen LogP contribution < -0.4 is 0 Å². The van der Waals surface area contributed by atoms with Gasteiger partial charge >= 0.3 is 0 Å². The minimum Gasteiger partial charge on any atom is -0.298 e. The average molecular weight is 227 g/mol. The molecular weight excluding hydrogens is 210 g/mol. The van der Waals surface area contributed by atoms with Crippen molar-refractivity contribution < 1.29 is 4.79 Å². The van der Waals surface area contributed by atoms with E-state index in [1.807, 2.05) is 25.1 Å². The highest BCUT2D eigenvalue weighted by Gasteiger charge is 2.18. The normalized spacial score (nSPS) is 11.8. The van der Waals surface area contributed by atoms with Crippen LogP contribution in [0.15, 0.2) is 24.3 Å². The van der Waals surface area contributed by atoms with Gasteiger partial charge in [-0.1, -0.05) is 39.0 Å². The van der Waals surface area contributed by atoms with Gasteiger partial charge in [-0.05, 0) is 24.0 Å². The lowest BCUT2D eigenvalue weighted by atomic mass is 9.85. The summed E-state index contributed by atoms with van der Waals surface area (Å²) in [6.07, 6.45) is 0.906. The number of aryl methyl sites for hydroxylation is 1. The SMILES string of the molecule is Cc1cc(C=O)c2cccc(C(C)(C)C)c2n1. The van der Waals surface area contributed by atoms with Crippen LogP contribution in [0.25, 0.3) is 10.9 Å². The number of pyridine rings is 1. The zero-order chi connectivity index (χ0) is 12.6. The third kappa shape index (κ3) is 2.07. The number of carbonyl (C=O) groups is 1. The van der Waals surface area contributed by atoms with Gasteiger partial charge in [-0.25, -0.2) is 0 Å². The number of benzene rings is 1. The third-order valence-electron chi connectivity index (χ3n) is 2.93. The molecule has 0 bridgehead atoms. The third-order valence-corrected chi connectivity index (χ3v) is 2.93. The van der Waals surface area contributed by atoms with Crippen molar-refractivity contribution in [3.05, 3.63) is 41.1 Å². The molecule has 88 valence electrons. The Morgan fingerprint density at radius 2 is 1.94 bits per heavy atom. The summed E-state index contributed by atoms with van der Waals surface area (Å²) < 4.78 is 0. The Labute approximate surface area is 102 Å². The Morgan fingerprint density at radius 1 is 1.24 bits per heavy atom. The fraction of sp³-hybridized carbons (Fsp3) is 0.333. The summed E-state index contributed by atoms with van der Waals surface area (Å²) in [4.78, 5) is 15.7. The van der Waals surface area contributed by atoms with Gasteiger partial charge in [-0.3, -0.25) is 9.78 Å². The van der Waals surface area contributed by atoms with E-state index in [1.165, 1.54) is 5.56 Å². The van der Waals surface area contributed by atoms with Crippen LogP contribution in [-0.2, 0) is 5.41 Å². The maximum atomic E-state index is 11.1.